The topological polar surface area (TPSA) is 40.6 Å². The molecule has 1 radical (unpaired) electrons. The minimum atomic E-state index is -3.07. The quantitative estimate of drug-likeness (QED) is 0.611. The zero-order valence-electron chi connectivity index (χ0n) is 8.40. The molecule has 0 amide bonds. The maximum Gasteiger partial charge on any atom is 0.211 e. The third-order valence-corrected chi connectivity index (χ3v) is 3.78. The molecule has 1 saturated heterocycles. The lowest BCUT2D eigenvalue weighted by atomic mass is 10.2. The van der Waals surface area contributed by atoms with Crippen LogP contribution in [-0.4, -0.2) is 49.1 Å². The van der Waals surface area contributed by atoms with E-state index in [9.17, 15) is 8.42 Å². The highest BCUT2D eigenvalue weighted by atomic mass is 32.2. The van der Waals surface area contributed by atoms with Gasteiger partial charge in [-0.25, -0.2) is 8.42 Å². The van der Waals surface area contributed by atoms with Gasteiger partial charge in [-0.05, 0) is 13.8 Å². The summed E-state index contributed by atoms with van der Waals surface area (Å²) in [7, 11) is 0.758. The molecule has 1 rings (SSSR count). The molecule has 1 aliphatic heterocycles. The van der Waals surface area contributed by atoms with Crippen LogP contribution in [0.5, 0.6) is 0 Å². The van der Waals surface area contributed by atoms with E-state index in [1.54, 1.807) is 4.31 Å². The van der Waals surface area contributed by atoms with Crippen LogP contribution in [0.25, 0.3) is 0 Å². The Hall–Kier alpha value is -0.130. The molecule has 5 heteroatoms. The minimum absolute atomic E-state index is 0.0243. The van der Waals surface area contributed by atoms with Crippen LogP contribution in [0.4, 0.5) is 0 Å². The molecule has 0 bridgehead atoms. The number of nitrogens with zero attached hydrogens (tertiary/aromatic N) is 2. The summed E-state index contributed by atoms with van der Waals surface area (Å²) in [4.78, 5) is 1.91. The smallest absolute Gasteiger partial charge is 0.211 e. The zero-order valence-corrected chi connectivity index (χ0v) is 9.21. The number of piperazine rings is 1. The van der Waals surface area contributed by atoms with Gasteiger partial charge in [0.2, 0.25) is 10.0 Å². The summed E-state index contributed by atoms with van der Waals surface area (Å²) in [6.07, 6.45) is 1.26. The molecule has 2 unspecified atom stereocenters. The van der Waals surface area contributed by atoms with Gasteiger partial charge < -0.3 is 0 Å². The molecule has 1 fully saturated rings. The SMILES string of the molecule is [CH2]N1CC(C)N(S(C)(=O)=O)C(C)C1. The molecule has 0 N–H and O–H groups in total. The van der Waals surface area contributed by atoms with Gasteiger partial charge >= 0.3 is 0 Å². The fourth-order valence-electron chi connectivity index (χ4n) is 2.07. The molecular formula is C8H17N2O2S. The molecule has 0 aliphatic carbocycles. The van der Waals surface area contributed by atoms with E-state index in [2.05, 4.69) is 7.05 Å². The standard InChI is InChI=1S/C8H17N2O2S/c1-7-5-9(3)6-8(2)10(7)13(4,11)12/h7-8H,3,5-6H2,1-2,4H3. The van der Waals surface area contributed by atoms with Crippen LogP contribution in [0.2, 0.25) is 0 Å². The lowest BCUT2D eigenvalue weighted by Crippen LogP contribution is -2.56. The molecule has 0 spiro atoms. The molecule has 0 saturated carbocycles. The molecule has 2 atom stereocenters. The van der Waals surface area contributed by atoms with Crippen molar-refractivity contribution < 1.29 is 8.42 Å². The maximum atomic E-state index is 11.4. The maximum absolute atomic E-state index is 11.4. The van der Waals surface area contributed by atoms with Crippen LogP contribution in [0.1, 0.15) is 13.8 Å². The Bertz CT molecular complexity index is 264. The van der Waals surface area contributed by atoms with Crippen molar-refractivity contribution in [3.63, 3.8) is 0 Å². The van der Waals surface area contributed by atoms with E-state index in [1.807, 2.05) is 18.7 Å². The normalized spacial score (nSPS) is 33.5. The first-order valence-corrected chi connectivity index (χ1v) is 6.21. The second kappa shape index (κ2) is 3.55. The van der Waals surface area contributed by atoms with E-state index in [-0.39, 0.29) is 12.1 Å². The van der Waals surface area contributed by atoms with Crippen LogP contribution in [0.3, 0.4) is 0 Å². The van der Waals surface area contributed by atoms with Crippen molar-refractivity contribution >= 4 is 10.0 Å². The Labute approximate surface area is 80.6 Å². The molecule has 0 aromatic rings. The van der Waals surface area contributed by atoms with Crippen molar-refractivity contribution in [3.05, 3.63) is 7.05 Å². The summed E-state index contributed by atoms with van der Waals surface area (Å²) in [5.74, 6) is 0. The van der Waals surface area contributed by atoms with Crippen molar-refractivity contribution in [1.29, 1.82) is 0 Å². The summed E-state index contributed by atoms with van der Waals surface area (Å²) in [5.41, 5.74) is 0. The Morgan fingerprint density at radius 1 is 1.23 bits per heavy atom. The highest BCUT2D eigenvalue weighted by molar-refractivity contribution is 7.88. The average molecular weight is 205 g/mol. The van der Waals surface area contributed by atoms with E-state index in [0.29, 0.717) is 13.1 Å². The molecular weight excluding hydrogens is 188 g/mol. The number of rotatable bonds is 1. The first-order valence-electron chi connectivity index (χ1n) is 4.36. The monoisotopic (exact) mass is 205 g/mol. The first-order chi connectivity index (χ1) is 5.82. The predicted octanol–water partition coefficient (Wildman–Crippen LogP) is 0.132. The van der Waals surface area contributed by atoms with E-state index in [4.69, 9.17) is 0 Å². The summed E-state index contributed by atoms with van der Waals surface area (Å²) in [6.45, 7) is 5.23. The van der Waals surface area contributed by atoms with Gasteiger partial charge in [-0.15, -0.1) is 0 Å². The van der Waals surface area contributed by atoms with E-state index < -0.39 is 10.0 Å². The van der Waals surface area contributed by atoms with E-state index in [1.165, 1.54) is 6.26 Å². The van der Waals surface area contributed by atoms with E-state index in [0.717, 1.165) is 0 Å². The van der Waals surface area contributed by atoms with Crippen LogP contribution in [0, 0.1) is 7.05 Å². The van der Waals surface area contributed by atoms with Crippen molar-refractivity contribution in [2.24, 2.45) is 0 Å². The Morgan fingerprint density at radius 2 is 1.62 bits per heavy atom. The van der Waals surface area contributed by atoms with Gasteiger partial charge in [-0.3, -0.25) is 4.90 Å². The van der Waals surface area contributed by atoms with Gasteiger partial charge in [0.15, 0.2) is 0 Å². The van der Waals surface area contributed by atoms with Gasteiger partial charge in [0.1, 0.15) is 0 Å². The molecule has 0 aromatic heterocycles. The number of hydrogen-bond acceptors (Lipinski definition) is 3. The van der Waals surface area contributed by atoms with Crippen molar-refractivity contribution in [1.82, 2.24) is 9.21 Å². The average Bonchev–Trinajstić information content (AvgIpc) is 1.78. The molecule has 77 valence electrons. The highest BCUT2D eigenvalue weighted by Gasteiger charge is 2.33. The summed E-state index contributed by atoms with van der Waals surface area (Å²) < 4.78 is 24.4. The fourth-order valence-corrected chi connectivity index (χ4v) is 3.51. The Balaban J connectivity index is 2.85. The molecule has 13 heavy (non-hydrogen) atoms. The fraction of sp³-hybridized carbons (Fsp3) is 0.875. The summed E-state index contributed by atoms with van der Waals surface area (Å²) >= 11 is 0. The van der Waals surface area contributed by atoms with Crippen LogP contribution in [0.15, 0.2) is 0 Å². The van der Waals surface area contributed by atoms with Crippen LogP contribution < -0.4 is 0 Å². The van der Waals surface area contributed by atoms with Crippen molar-refractivity contribution in [3.8, 4) is 0 Å². The number of sulfonamides is 1. The minimum Gasteiger partial charge on any atom is -0.299 e. The third-order valence-electron chi connectivity index (χ3n) is 2.30. The number of hydrogen-bond donors (Lipinski definition) is 0. The van der Waals surface area contributed by atoms with Crippen molar-refractivity contribution in [2.75, 3.05) is 19.3 Å². The van der Waals surface area contributed by atoms with Crippen LogP contribution >= 0.6 is 0 Å². The molecule has 1 heterocycles. The zero-order chi connectivity index (χ0) is 10.2. The second-order valence-electron chi connectivity index (χ2n) is 3.83. The predicted molar refractivity (Wildman–Crippen MR) is 52.5 cm³/mol. The van der Waals surface area contributed by atoms with Gasteiger partial charge in [0, 0.05) is 32.2 Å². The lowest BCUT2D eigenvalue weighted by Gasteiger charge is -2.41. The summed E-state index contributed by atoms with van der Waals surface area (Å²) in [6, 6.07) is 0.0486. The first kappa shape index (κ1) is 10.9. The molecule has 0 aromatic carbocycles. The largest absolute Gasteiger partial charge is 0.299 e. The lowest BCUT2D eigenvalue weighted by molar-refractivity contribution is 0.136. The molecule has 4 nitrogen and oxygen atoms in total. The summed E-state index contributed by atoms with van der Waals surface area (Å²) in [5, 5.41) is 0. The van der Waals surface area contributed by atoms with Crippen molar-refractivity contribution in [2.45, 2.75) is 25.9 Å². The Morgan fingerprint density at radius 3 is 1.92 bits per heavy atom. The van der Waals surface area contributed by atoms with Crippen LogP contribution in [-0.2, 0) is 10.0 Å². The van der Waals surface area contributed by atoms with Gasteiger partial charge in [0.25, 0.3) is 0 Å². The molecule has 1 aliphatic rings. The highest BCUT2D eigenvalue weighted by Crippen LogP contribution is 2.17. The second-order valence-corrected chi connectivity index (χ2v) is 5.71. The van der Waals surface area contributed by atoms with Gasteiger partial charge in [-0.1, -0.05) is 0 Å². The Kier molecular flexibility index (Phi) is 2.99. The third kappa shape index (κ3) is 2.42. The van der Waals surface area contributed by atoms with E-state index >= 15 is 0 Å². The van der Waals surface area contributed by atoms with Gasteiger partial charge in [-0.2, -0.15) is 4.31 Å². The van der Waals surface area contributed by atoms with Gasteiger partial charge in [0.05, 0.1) is 6.26 Å².